The van der Waals surface area contributed by atoms with Crippen LogP contribution in [0.25, 0.3) is 15.7 Å². The molecule has 1 aromatic heterocycles. The first-order chi connectivity index (χ1) is 7.09. The van der Waals surface area contributed by atoms with Crippen molar-refractivity contribution in [1.29, 1.82) is 0 Å². The van der Waals surface area contributed by atoms with Gasteiger partial charge < -0.3 is 5.11 Å². The molecule has 15 heavy (non-hydrogen) atoms. The van der Waals surface area contributed by atoms with Crippen LogP contribution >= 0.6 is 11.3 Å². The summed E-state index contributed by atoms with van der Waals surface area (Å²) in [4.78, 5) is 11.2. The minimum atomic E-state index is -0.871. The largest absolute Gasteiger partial charge is 0.477 e. The number of rotatable bonds is 2. The zero-order chi connectivity index (χ0) is 11.0. The lowest BCUT2D eigenvalue weighted by atomic mass is 10.0. The van der Waals surface area contributed by atoms with E-state index in [4.69, 9.17) is 5.11 Å². The van der Waals surface area contributed by atoms with E-state index < -0.39 is 5.97 Å². The van der Waals surface area contributed by atoms with Gasteiger partial charge in [0.15, 0.2) is 0 Å². The number of thiophene rings is 1. The predicted molar refractivity (Wildman–Crippen MR) is 63.5 cm³/mol. The molecule has 0 atom stereocenters. The van der Waals surface area contributed by atoms with Gasteiger partial charge in [0.2, 0.25) is 0 Å². The summed E-state index contributed by atoms with van der Waals surface area (Å²) in [5.41, 5.74) is 1.98. The van der Waals surface area contributed by atoms with Gasteiger partial charge in [-0.2, -0.15) is 0 Å². The van der Waals surface area contributed by atoms with Crippen molar-refractivity contribution in [2.75, 3.05) is 0 Å². The van der Waals surface area contributed by atoms with Crippen LogP contribution in [-0.4, -0.2) is 11.1 Å². The Bertz CT molecular complexity index is 552. The van der Waals surface area contributed by atoms with E-state index in [-0.39, 0.29) is 0 Å². The van der Waals surface area contributed by atoms with Gasteiger partial charge in [-0.3, -0.25) is 0 Å². The molecule has 1 aromatic carbocycles. The van der Waals surface area contributed by atoms with Gasteiger partial charge in [0.25, 0.3) is 0 Å². The van der Waals surface area contributed by atoms with Gasteiger partial charge in [0.05, 0.1) is 0 Å². The molecule has 2 nitrogen and oxygen atoms in total. The number of fused-ring (bicyclic) bond motifs is 1. The van der Waals surface area contributed by atoms with Gasteiger partial charge in [0.1, 0.15) is 4.88 Å². The van der Waals surface area contributed by atoms with Gasteiger partial charge in [-0.05, 0) is 24.6 Å². The number of carboxylic acid groups (broad SMARTS) is 1. The number of carboxylic acids is 1. The molecule has 2 rings (SSSR count). The Hall–Kier alpha value is -1.61. The van der Waals surface area contributed by atoms with E-state index in [1.54, 1.807) is 6.07 Å². The summed E-state index contributed by atoms with van der Waals surface area (Å²) in [7, 11) is 0. The topological polar surface area (TPSA) is 37.3 Å². The summed E-state index contributed by atoms with van der Waals surface area (Å²) in [6.45, 7) is 5.81. The van der Waals surface area contributed by atoms with Gasteiger partial charge in [-0.25, -0.2) is 4.79 Å². The highest BCUT2D eigenvalue weighted by Gasteiger charge is 2.10. The number of hydrogen-bond acceptors (Lipinski definition) is 2. The molecule has 0 spiro atoms. The second-order valence-corrected chi connectivity index (χ2v) is 4.50. The highest BCUT2D eigenvalue weighted by Crippen LogP contribution is 2.31. The van der Waals surface area contributed by atoms with Crippen LogP contribution < -0.4 is 0 Å². The molecule has 3 heteroatoms. The summed E-state index contributed by atoms with van der Waals surface area (Å²) in [6.07, 6.45) is 0. The molecule has 0 fully saturated rings. The molecule has 0 amide bonds. The maximum absolute atomic E-state index is 10.8. The summed E-state index contributed by atoms with van der Waals surface area (Å²) >= 11 is 1.30. The van der Waals surface area contributed by atoms with Crippen LogP contribution in [-0.2, 0) is 0 Å². The smallest absolute Gasteiger partial charge is 0.345 e. The van der Waals surface area contributed by atoms with Crippen LogP contribution in [0, 0.1) is 0 Å². The molecule has 2 aromatic rings. The lowest BCUT2D eigenvalue weighted by molar-refractivity contribution is 0.0702. The maximum Gasteiger partial charge on any atom is 0.345 e. The van der Waals surface area contributed by atoms with E-state index in [2.05, 4.69) is 6.58 Å². The third-order valence-corrected chi connectivity index (χ3v) is 3.32. The van der Waals surface area contributed by atoms with Crippen molar-refractivity contribution in [1.82, 2.24) is 0 Å². The fourth-order valence-electron chi connectivity index (χ4n) is 1.54. The highest BCUT2D eigenvalue weighted by molar-refractivity contribution is 7.20. The lowest BCUT2D eigenvalue weighted by Crippen LogP contribution is -1.89. The second-order valence-electron chi connectivity index (χ2n) is 3.41. The van der Waals surface area contributed by atoms with Gasteiger partial charge >= 0.3 is 5.97 Å². The van der Waals surface area contributed by atoms with Crippen LogP contribution in [0.2, 0.25) is 0 Å². The first-order valence-corrected chi connectivity index (χ1v) is 5.33. The molecular formula is C12H10O2S. The molecule has 0 bridgehead atoms. The monoisotopic (exact) mass is 218 g/mol. The summed E-state index contributed by atoms with van der Waals surface area (Å²) in [5.74, 6) is -0.871. The summed E-state index contributed by atoms with van der Waals surface area (Å²) < 4.78 is 0.993. The minimum Gasteiger partial charge on any atom is -0.477 e. The van der Waals surface area contributed by atoms with E-state index >= 15 is 0 Å². The molecule has 0 saturated heterocycles. The Kier molecular flexibility index (Phi) is 2.32. The van der Waals surface area contributed by atoms with Crippen LogP contribution in [0.1, 0.15) is 22.2 Å². The molecular weight excluding hydrogens is 208 g/mol. The minimum absolute atomic E-state index is 0.374. The number of benzene rings is 1. The van der Waals surface area contributed by atoms with Crippen LogP contribution in [0.5, 0.6) is 0 Å². The zero-order valence-electron chi connectivity index (χ0n) is 8.28. The average Bonchev–Trinajstić information content (AvgIpc) is 2.60. The highest BCUT2D eigenvalue weighted by atomic mass is 32.1. The van der Waals surface area contributed by atoms with Gasteiger partial charge in [-0.15, -0.1) is 11.3 Å². The zero-order valence-corrected chi connectivity index (χ0v) is 9.10. The molecule has 1 N–H and O–H groups in total. The Labute approximate surface area is 91.5 Å². The van der Waals surface area contributed by atoms with Crippen LogP contribution in [0.3, 0.4) is 0 Å². The van der Waals surface area contributed by atoms with Crippen LogP contribution in [0.4, 0.5) is 0 Å². The number of aromatic carboxylic acids is 1. The normalized spacial score (nSPS) is 10.5. The van der Waals surface area contributed by atoms with E-state index in [1.807, 2.05) is 25.1 Å². The van der Waals surface area contributed by atoms with Crippen molar-refractivity contribution in [2.24, 2.45) is 0 Å². The first-order valence-electron chi connectivity index (χ1n) is 4.51. The average molecular weight is 218 g/mol. The van der Waals surface area contributed by atoms with E-state index in [0.29, 0.717) is 4.88 Å². The number of allylic oxidation sites excluding steroid dienone is 1. The van der Waals surface area contributed by atoms with Crippen molar-refractivity contribution in [3.63, 3.8) is 0 Å². The van der Waals surface area contributed by atoms with E-state index in [9.17, 15) is 4.79 Å². The second kappa shape index (κ2) is 3.51. The Morgan fingerprint density at radius 1 is 1.47 bits per heavy atom. The SMILES string of the molecule is C=C(C)c1cccc2sc(C(=O)O)cc12. The standard InChI is InChI=1S/C12H10O2S/c1-7(2)8-4-3-5-10-9(8)6-11(15-10)12(13)14/h3-6H,1H2,2H3,(H,13,14). The van der Waals surface area contributed by atoms with Gasteiger partial charge in [0, 0.05) is 10.1 Å². The summed E-state index contributed by atoms with van der Waals surface area (Å²) in [6, 6.07) is 7.53. The number of carbonyl (C=O) groups is 1. The third kappa shape index (κ3) is 1.66. The van der Waals surface area contributed by atoms with Crippen molar-refractivity contribution < 1.29 is 9.90 Å². The van der Waals surface area contributed by atoms with Crippen molar-refractivity contribution in [3.05, 3.63) is 41.3 Å². The maximum atomic E-state index is 10.8. The fourth-order valence-corrected chi connectivity index (χ4v) is 2.46. The predicted octanol–water partition coefficient (Wildman–Crippen LogP) is 3.63. The Morgan fingerprint density at radius 3 is 2.80 bits per heavy atom. The lowest BCUT2D eigenvalue weighted by Gasteiger charge is -2.00. The molecule has 0 aliphatic rings. The Balaban J connectivity index is 2.75. The molecule has 0 saturated carbocycles. The van der Waals surface area contributed by atoms with Gasteiger partial charge in [-0.1, -0.05) is 24.3 Å². The molecule has 0 radical (unpaired) electrons. The molecule has 76 valence electrons. The number of hydrogen-bond donors (Lipinski definition) is 1. The van der Waals surface area contributed by atoms with E-state index in [1.165, 1.54) is 11.3 Å². The Morgan fingerprint density at radius 2 is 2.20 bits per heavy atom. The molecule has 0 unspecified atom stereocenters. The fraction of sp³-hybridized carbons (Fsp3) is 0.0833. The van der Waals surface area contributed by atoms with Crippen molar-refractivity contribution >= 4 is 33.0 Å². The van der Waals surface area contributed by atoms with E-state index in [0.717, 1.165) is 21.2 Å². The molecule has 1 heterocycles. The van der Waals surface area contributed by atoms with Crippen molar-refractivity contribution in [2.45, 2.75) is 6.92 Å². The summed E-state index contributed by atoms with van der Waals surface area (Å²) in [5, 5.41) is 9.88. The van der Waals surface area contributed by atoms with Crippen molar-refractivity contribution in [3.8, 4) is 0 Å². The quantitative estimate of drug-likeness (QED) is 0.835. The van der Waals surface area contributed by atoms with Crippen LogP contribution in [0.15, 0.2) is 30.8 Å². The molecule has 0 aliphatic carbocycles. The third-order valence-electron chi connectivity index (χ3n) is 2.23. The first kappa shape index (κ1) is 9.93. The molecule has 0 aliphatic heterocycles.